The number of nitrogens with zero attached hydrogens (tertiary/aromatic N) is 4. The van der Waals surface area contributed by atoms with Gasteiger partial charge in [0.25, 0.3) is 0 Å². The van der Waals surface area contributed by atoms with Crippen molar-refractivity contribution in [3.63, 3.8) is 0 Å². The normalized spacial score (nSPS) is 11.1. The van der Waals surface area contributed by atoms with Crippen LogP contribution in [0.4, 0.5) is 0 Å². The van der Waals surface area contributed by atoms with Crippen LogP contribution in [0.5, 0.6) is 0 Å². The maximum Gasteiger partial charge on any atom is 0.170 e. The van der Waals surface area contributed by atoms with E-state index in [2.05, 4.69) is 26.4 Å². The van der Waals surface area contributed by atoms with Crippen molar-refractivity contribution >= 4 is 34.5 Å². The molecule has 0 N–H and O–H groups in total. The third kappa shape index (κ3) is 2.08. The highest BCUT2D eigenvalue weighted by Crippen LogP contribution is 2.21. The Morgan fingerprint density at radius 3 is 3.13 bits per heavy atom. The fourth-order valence-electron chi connectivity index (χ4n) is 1.38. The van der Waals surface area contributed by atoms with Crippen LogP contribution in [-0.2, 0) is 6.54 Å². The Kier molecular flexibility index (Phi) is 3.43. The molecule has 15 heavy (non-hydrogen) atoms. The zero-order chi connectivity index (χ0) is 10.7. The summed E-state index contributed by atoms with van der Waals surface area (Å²) >= 11 is 7.31. The third-order valence-corrected chi connectivity index (χ3v) is 3.39. The third-order valence-electron chi connectivity index (χ3n) is 2.00. The highest BCUT2D eigenvalue weighted by Gasteiger charge is 2.10. The maximum absolute atomic E-state index is 5.66. The molecule has 2 aromatic rings. The Balaban J connectivity index is 2.44. The lowest BCUT2D eigenvalue weighted by molar-refractivity contribution is 0.696. The first-order valence-corrected chi connectivity index (χ1v) is 6.23. The topological polar surface area (TPSA) is 43.6 Å². The summed E-state index contributed by atoms with van der Waals surface area (Å²) in [4.78, 5) is 12.6. The van der Waals surface area contributed by atoms with Gasteiger partial charge in [0.2, 0.25) is 0 Å². The van der Waals surface area contributed by atoms with Gasteiger partial charge in [-0.15, -0.1) is 11.6 Å². The number of alkyl halides is 1. The molecular formula is C9H11ClN4S. The first kappa shape index (κ1) is 10.7. The van der Waals surface area contributed by atoms with Crippen LogP contribution in [0.1, 0.15) is 6.92 Å². The minimum absolute atomic E-state index is 0.628. The lowest BCUT2D eigenvalue weighted by atomic mass is 10.5. The van der Waals surface area contributed by atoms with Crippen molar-refractivity contribution in [2.45, 2.75) is 18.6 Å². The zero-order valence-electron chi connectivity index (χ0n) is 8.35. The van der Waals surface area contributed by atoms with Gasteiger partial charge < -0.3 is 4.57 Å². The highest BCUT2D eigenvalue weighted by molar-refractivity contribution is 7.99. The van der Waals surface area contributed by atoms with Crippen LogP contribution in [0.2, 0.25) is 0 Å². The van der Waals surface area contributed by atoms with Gasteiger partial charge in [0.15, 0.2) is 10.8 Å². The van der Waals surface area contributed by atoms with E-state index in [1.807, 2.05) is 0 Å². The first-order valence-electron chi connectivity index (χ1n) is 4.71. The van der Waals surface area contributed by atoms with Crippen molar-refractivity contribution in [1.29, 1.82) is 0 Å². The lowest BCUT2D eigenvalue weighted by Crippen LogP contribution is -1.98. The van der Waals surface area contributed by atoms with Crippen LogP contribution in [-0.4, -0.2) is 31.2 Å². The van der Waals surface area contributed by atoms with Gasteiger partial charge in [-0.1, -0.05) is 11.8 Å². The van der Waals surface area contributed by atoms with Gasteiger partial charge in [0.05, 0.1) is 6.20 Å². The first-order chi connectivity index (χ1) is 7.36. The van der Waals surface area contributed by atoms with Crippen molar-refractivity contribution in [3.8, 4) is 0 Å². The summed E-state index contributed by atoms with van der Waals surface area (Å²) in [5, 5.41) is 0.966. The van der Waals surface area contributed by atoms with Crippen LogP contribution >= 0.6 is 23.4 Å². The van der Waals surface area contributed by atoms with Crippen LogP contribution in [0, 0.1) is 0 Å². The molecule has 0 amide bonds. The van der Waals surface area contributed by atoms with Crippen molar-refractivity contribution in [2.75, 3.05) is 11.6 Å². The van der Waals surface area contributed by atoms with Gasteiger partial charge >= 0.3 is 0 Å². The number of fused-ring (bicyclic) bond motifs is 1. The average Bonchev–Trinajstić information content (AvgIpc) is 2.63. The molecule has 0 atom stereocenters. The second-order valence-electron chi connectivity index (χ2n) is 2.91. The van der Waals surface area contributed by atoms with Crippen molar-refractivity contribution in [1.82, 2.24) is 19.5 Å². The molecule has 0 saturated carbocycles. The van der Waals surface area contributed by atoms with Gasteiger partial charge in [-0.3, -0.25) is 0 Å². The minimum Gasteiger partial charge on any atom is -0.304 e. The number of imidazole rings is 1. The van der Waals surface area contributed by atoms with Crippen LogP contribution < -0.4 is 0 Å². The second-order valence-corrected chi connectivity index (χ2v) is 4.35. The van der Waals surface area contributed by atoms with E-state index in [1.165, 1.54) is 0 Å². The molecule has 2 heterocycles. The van der Waals surface area contributed by atoms with E-state index in [9.17, 15) is 0 Å². The van der Waals surface area contributed by atoms with Gasteiger partial charge in [-0.2, -0.15) is 0 Å². The molecular weight excluding hydrogens is 232 g/mol. The molecule has 0 aliphatic rings. The highest BCUT2D eigenvalue weighted by atomic mass is 35.5. The number of aromatic nitrogens is 4. The quantitative estimate of drug-likeness (QED) is 0.609. The smallest absolute Gasteiger partial charge is 0.170 e. The Morgan fingerprint density at radius 1 is 1.53 bits per heavy atom. The second kappa shape index (κ2) is 4.81. The Labute approximate surface area is 97.1 Å². The summed E-state index contributed by atoms with van der Waals surface area (Å²) in [5.74, 6) is 1.49. The molecule has 0 radical (unpaired) electrons. The van der Waals surface area contributed by atoms with E-state index >= 15 is 0 Å². The summed E-state index contributed by atoms with van der Waals surface area (Å²) in [6.07, 6.45) is 3.28. The summed E-state index contributed by atoms with van der Waals surface area (Å²) in [7, 11) is 0. The molecule has 2 aromatic heterocycles. The molecule has 6 heteroatoms. The molecule has 0 aliphatic heterocycles. The van der Waals surface area contributed by atoms with Crippen LogP contribution in [0.15, 0.2) is 17.7 Å². The summed E-state index contributed by atoms with van der Waals surface area (Å²) in [6.45, 7) is 2.94. The molecule has 0 saturated heterocycles. The Morgan fingerprint density at radius 2 is 2.40 bits per heavy atom. The summed E-state index contributed by atoms with van der Waals surface area (Å²) in [6, 6.07) is 0. The number of rotatable bonds is 4. The van der Waals surface area contributed by atoms with Crippen LogP contribution in [0.25, 0.3) is 11.2 Å². The van der Waals surface area contributed by atoms with Crippen LogP contribution in [0.3, 0.4) is 0 Å². The van der Waals surface area contributed by atoms with Crippen molar-refractivity contribution < 1.29 is 0 Å². The van der Waals surface area contributed by atoms with E-state index in [1.54, 1.807) is 24.3 Å². The summed E-state index contributed by atoms with van der Waals surface area (Å²) in [5.41, 5.74) is 1.74. The molecule has 0 spiro atoms. The summed E-state index contributed by atoms with van der Waals surface area (Å²) < 4.78 is 2.08. The molecule has 0 unspecified atom stereocenters. The molecule has 0 aromatic carbocycles. The van der Waals surface area contributed by atoms with E-state index < -0.39 is 0 Å². The van der Waals surface area contributed by atoms with E-state index in [-0.39, 0.29) is 0 Å². The zero-order valence-corrected chi connectivity index (χ0v) is 9.92. The molecule has 0 fully saturated rings. The molecule has 2 rings (SSSR count). The van der Waals surface area contributed by atoms with Crippen molar-refractivity contribution in [3.05, 3.63) is 12.5 Å². The van der Waals surface area contributed by atoms with Gasteiger partial charge in [-0.05, 0) is 6.92 Å². The average molecular weight is 243 g/mol. The monoisotopic (exact) mass is 242 g/mol. The molecule has 0 aliphatic carbocycles. The predicted molar refractivity (Wildman–Crippen MR) is 62.4 cm³/mol. The molecule has 0 bridgehead atoms. The largest absolute Gasteiger partial charge is 0.304 e. The Hall–Kier alpha value is -0.810. The number of hydrogen-bond donors (Lipinski definition) is 0. The van der Waals surface area contributed by atoms with E-state index in [0.29, 0.717) is 5.88 Å². The number of hydrogen-bond acceptors (Lipinski definition) is 4. The number of halogens is 1. The fraction of sp³-hybridized carbons (Fsp3) is 0.444. The van der Waals surface area contributed by atoms with Gasteiger partial charge in [0.1, 0.15) is 11.8 Å². The molecule has 4 nitrogen and oxygen atoms in total. The number of aryl methyl sites for hydroxylation is 1. The minimum atomic E-state index is 0.628. The molecule has 80 valence electrons. The van der Waals surface area contributed by atoms with Gasteiger partial charge in [-0.25, -0.2) is 15.0 Å². The predicted octanol–water partition coefficient (Wildman–Crippen LogP) is 2.18. The van der Waals surface area contributed by atoms with Crippen molar-refractivity contribution in [2.24, 2.45) is 0 Å². The SMILES string of the molecule is CCn1c(SCCCl)nc2cncnc21. The number of thioether (sulfide) groups is 1. The standard InChI is InChI=1S/C9H11ClN4S/c1-2-14-8-7(5-11-6-12-8)13-9(14)15-4-3-10/h5-6H,2-4H2,1H3. The maximum atomic E-state index is 5.66. The van der Waals surface area contributed by atoms with E-state index in [4.69, 9.17) is 11.6 Å². The van der Waals surface area contributed by atoms with Gasteiger partial charge in [0, 0.05) is 18.2 Å². The fourth-order valence-corrected chi connectivity index (χ4v) is 2.41. The lowest BCUT2D eigenvalue weighted by Gasteiger charge is -2.02. The van der Waals surface area contributed by atoms with E-state index in [0.717, 1.165) is 28.6 Å². The Bertz CT molecular complexity index is 456.